The van der Waals surface area contributed by atoms with E-state index in [1.807, 2.05) is 12.2 Å². The van der Waals surface area contributed by atoms with Crippen LogP contribution in [0, 0.1) is 11.8 Å². The van der Waals surface area contributed by atoms with E-state index >= 15 is 0 Å². The van der Waals surface area contributed by atoms with Crippen molar-refractivity contribution in [2.45, 2.75) is 227 Å². The van der Waals surface area contributed by atoms with Gasteiger partial charge in [0.15, 0.2) is 0 Å². The molecular formula is C45H68F8N9Rh2-9. The molecule has 11 unspecified atom stereocenters. The monoisotopic (exact) mass is 1090 g/mol. The van der Waals surface area contributed by atoms with Crippen molar-refractivity contribution in [3.63, 3.8) is 0 Å². The summed E-state index contributed by atoms with van der Waals surface area (Å²) >= 11 is 0. The van der Waals surface area contributed by atoms with Gasteiger partial charge in [-0.25, -0.2) is 53.6 Å². The Morgan fingerprint density at radius 2 is 0.719 bits per heavy atom. The maximum atomic E-state index is 13.5. The predicted molar refractivity (Wildman–Crippen MR) is 231 cm³/mol. The molecule has 0 N–H and O–H groups in total. The van der Waals surface area contributed by atoms with Gasteiger partial charge >= 0.3 is 0 Å². The molecule has 4 aliphatic heterocycles. The van der Waals surface area contributed by atoms with Crippen molar-refractivity contribution < 1.29 is 74.1 Å². The molecule has 64 heavy (non-hydrogen) atoms. The fraction of sp³-hybridized carbons (Fsp3) is 0.889. The molecule has 4 saturated carbocycles. The number of piperidine rings is 3. The molecule has 0 bridgehead atoms. The molecule has 0 amide bonds. The van der Waals surface area contributed by atoms with Crippen molar-refractivity contribution in [3.8, 4) is 0 Å². The Hall–Kier alpha value is -0.983. The third kappa shape index (κ3) is 20.7. The molecule has 4 aliphatic carbocycles. The standard InChI is InChI=1S/3C11H18F2N2.C11H14F2N2.CN.2Rh/c4*12-8-4-3-5-9(13)11(8)15-10-6-1-2-7-14-10;1-2;;/h3*8-11H,1-7H2;1-2,6,8-9,11H,3-5,7H2;;;/q4*-2;-1;;. The van der Waals surface area contributed by atoms with Gasteiger partial charge in [0.1, 0.15) is 0 Å². The minimum Gasteiger partial charge on any atom is -0.701 e. The number of allylic oxidation sites excluding steroid dienone is 2. The molecule has 0 aromatic rings. The molecule has 19 heteroatoms. The van der Waals surface area contributed by atoms with Crippen LogP contribution in [0.4, 0.5) is 35.1 Å². The van der Waals surface area contributed by atoms with Gasteiger partial charge in [0.25, 0.3) is 0 Å². The van der Waals surface area contributed by atoms with Crippen molar-refractivity contribution in [1.29, 1.82) is 5.26 Å². The molecule has 2 radical (unpaired) electrons. The molecule has 11 atom stereocenters. The van der Waals surface area contributed by atoms with Gasteiger partial charge in [0.05, 0.1) is 49.4 Å². The van der Waals surface area contributed by atoms with E-state index in [1.54, 1.807) is 6.08 Å². The summed E-state index contributed by atoms with van der Waals surface area (Å²) in [5.41, 5.74) is 0. The largest absolute Gasteiger partial charge is 0.701 e. The summed E-state index contributed by atoms with van der Waals surface area (Å²) < 4.78 is 108. The second kappa shape index (κ2) is 33.5. The molecule has 4 heterocycles. The summed E-state index contributed by atoms with van der Waals surface area (Å²) in [7, 11) is 0. The second-order valence-corrected chi connectivity index (χ2v) is 17.3. The number of nitrogens with zero attached hydrogens (tertiary/aromatic N) is 9. The van der Waals surface area contributed by atoms with Crippen LogP contribution in [-0.2, 0) is 39.0 Å². The number of alkyl halides is 8. The first-order valence-electron chi connectivity index (χ1n) is 23.3. The Labute approximate surface area is 403 Å². The first-order chi connectivity index (χ1) is 30.1. The van der Waals surface area contributed by atoms with E-state index in [1.165, 1.54) is 0 Å². The van der Waals surface area contributed by atoms with E-state index in [4.69, 9.17) is 11.8 Å². The molecule has 8 aliphatic rings. The maximum absolute atomic E-state index is 13.5. The molecule has 7 fully saturated rings. The van der Waals surface area contributed by atoms with Crippen LogP contribution in [0.2, 0.25) is 0 Å². The van der Waals surface area contributed by atoms with Gasteiger partial charge in [-0.2, -0.15) is 0 Å². The zero-order valence-corrected chi connectivity index (χ0v) is 40.1. The average molecular weight is 1090 g/mol. The predicted octanol–water partition coefficient (Wildman–Crippen LogP) is 13.9. The second-order valence-electron chi connectivity index (χ2n) is 17.3. The molecule has 0 aromatic heterocycles. The molecule has 376 valence electrons. The van der Waals surface area contributed by atoms with Crippen molar-refractivity contribution in [2.75, 3.05) is 26.2 Å². The van der Waals surface area contributed by atoms with Crippen LogP contribution in [0.3, 0.4) is 0 Å². The fourth-order valence-electron chi connectivity index (χ4n) is 8.95. The van der Waals surface area contributed by atoms with Gasteiger partial charge in [-0.3, -0.25) is 5.82 Å². The molecule has 9 nitrogen and oxygen atoms in total. The van der Waals surface area contributed by atoms with Crippen LogP contribution in [0.25, 0.3) is 42.5 Å². The van der Waals surface area contributed by atoms with Gasteiger partial charge in [0, 0.05) is 39.0 Å². The Balaban J connectivity index is 0.000000286. The number of halogens is 8. The summed E-state index contributed by atoms with van der Waals surface area (Å²) in [4.78, 5) is 0. The van der Waals surface area contributed by atoms with E-state index in [2.05, 4.69) is 42.5 Å². The van der Waals surface area contributed by atoms with E-state index in [-0.39, 0.29) is 57.5 Å². The summed E-state index contributed by atoms with van der Waals surface area (Å²) in [5, 5.41) is 40.0. The summed E-state index contributed by atoms with van der Waals surface area (Å²) in [6.07, 6.45) is 11.4. The fourth-order valence-corrected chi connectivity index (χ4v) is 8.95. The van der Waals surface area contributed by atoms with Crippen molar-refractivity contribution >= 4 is 0 Å². The first kappa shape index (κ1) is 59.1. The van der Waals surface area contributed by atoms with Crippen molar-refractivity contribution in [3.05, 3.63) is 73.2 Å². The molecule has 0 aromatic carbocycles. The number of hydrogen-bond donors (Lipinski definition) is 0. The number of hydrogen-bond acceptors (Lipinski definition) is 1. The SMILES string of the molecule is FC1CCCC(F)C1[N-]C1=CC=CC[N-]1.FC1CCCC(F)C1[N-]C1CCCC[N-]1.FC1CCCC(F)C1[N-]C1CCCC[N-]1.FC1CCCC(F)C1[N-]C1CCCC[N-]1.[C-]#N.[Rh].[Rh]. The quantitative estimate of drug-likeness (QED) is 0.133. The molecule has 8 rings (SSSR count). The third-order valence-electron chi connectivity index (χ3n) is 12.5. The topological polar surface area (TPSA) is 137 Å². The van der Waals surface area contributed by atoms with Crippen LogP contribution in [0.15, 0.2) is 24.0 Å². The average Bonchev–Trinajstić information content (AvgIpc) is 3.29. The van der Waals surface area contributed by atoms with Crippen LogP contribution in [-0.4, -0.2) is 118 Å². The summed E-state index contributed by atoms with van der Waals surface area (Å²) in [6.45, 7) is 7.70. The molecule has 3 saturated heterocycles. The summed E-state index contributed by atoms with van der Waals surface area (Å²) in [6, 6.07) is -3.08. The van der Waals surface area contributed by atoms with Crippen LogP contribution in [0.5, 0.6) is 0 Å². The van der Waals surface area contributed by atoms with Crippen LogP contribution >= 0.6 is 0 Å². The van der Waals surface area contributed by atoms with E-state index in [0.717, 1.165) is 77.4 Å². The van der Waals surface area contributed by atoms with E-state index in [0.29, 0.717) is 89.4 Å². The zero-order valence-electron chi connectivity index (χ0n) is 36.8. The van der Waals surface area contributed by atoms with Gasteiger partial charge < -0.3 is 54.4 Å². The van der Waals surface area contributed by atoms with E-state index < -0.39 is 73.5 Å². The van der Waals surface area contributed by atoms with Gasteiger partial charge in [0.2, 0.25) is 0 Å². The van der Waals surface area contributed by atoms with Gasteiger partial charge in [-0.1, -0.05) is 94.1 Å². The van der Waals surface area contributed by atoms with Gasteiger partial charge in [-0.05, 0) is 77.0 Å². The summed E-state index contributed by atoms with van der Waals surface area (Å²) in [5.74, 6) is 0.467. The molecule has 0 spiro atoms. The van der Waals surface area contributed by atoms with Crippen molar-refractivity contribution in [2.24, 2.45) is 0 Å². The minimum atomic E-state index is -1.16. The first-order valence-corrected chi connectivity index (χ1v) is 23.3. The Morgan fingerprint density at radius 3 is 0.969 bits per heavy atom. The third-order valence-corrected chi connectivity index (χ3v) is 12.5. The Kier molecular flexibility index (Phi) is 31.0. The molecular weight excluding hydrogens is 1020 g/mol. The Bertz CT molecular complexity index is 1140. The van der Waals surface area contributed by atoms with E-state index in [9.17, 15) is 35.1 Å². The minimum absolute atomic E-state index is 0. The van der Waals surface area contributed by atoms with Gasteiger partial charge in [-0.15, -0.1) is 32.3 Å². The number of rotatable bonds is 8. The maximum Gasteiger partial charge on any atom is 0.0897 e. The van der Waals surface area contributed by atoms with Crippen LogP contribution in [0.1, 0.15) is 135 Å². The van der Waals surface area contributed by atoms with Crippen molar-refractivity contribution in [1.82, 2.24) is 0 Å². The zero-order chi connectivity index (χ0) is 44.7. The normalized spacial score (nSPS) is 38.5. The Morgan fingerprint density at radius 1 is 0.422 bits per heavy atom. The van der Waals surface area contributed by atoms with Crippen LogP contribution < -0.4 is 0 Å². The smallest absolute Gasteiger partial charge is 0.0897 e.